The van der Waals surface area contributed by atoms with Crippen molar-refractivity contribution in [3.8, 4) is 12.3 Å². The van der Waals surface area contributed by atoms with Crippen molar-refractivity contribution in [2.24, 2.45) is 5.92 Å². The van der Waals surface area contributed by atoms with Crippen LogP contribution in [0.4, 0.5) is 5.82 Å². The monoisotopic (exact) mass is 250 g/mol. The van der Waals surface area contributed by atoms with Gasteiger partial charge in [-0.25, -0.2) is 4.98 Å². The van der Waals surface area contributed by atoms with E-state index in [2.05, 4.69) is 15.8 Å². The van der Waals surface area contributed by atoms with Crippen LogP contribution < -0.4 is 4.90 Å². The van der Waals surface area contributed by atoms with Crippen LogP contribution in [0.3, 0.4) is 0 Å². The zero-order valence-corrected chi connectivity index (χ0v) is 10.3. The molecule has 90 valence electrons. The summed E-state index contributed by atoms with van der Waals surface area (Å²) in [6.45, 7) is 1.32. The number of hydrogen-bond acceptors (Lipinski definition) is 3. The summed E-state index contributed by atoms with van der Waals surface area (Å²) in [6, 6.07) is 3.60. The first-order valence-electron chi connectivity index (χ1n) is 5.69. The maximum atomic E-state index is 9.14. The van der Waals surface area contributed by atoms with Gasteiger partial charge >= 0.3 is 0 Å². The van der Waals surface area contributed by atoms with E-state index in [0.717, 1.165) is 18.3 Å². The van der Waals surface area contributed by atoms with Gasteiger partial charge in [0, 0.05) is 6.54 Å². The molecule has 0 amide bonds. The molecule has 17 heavy (non-hydrogen) atoms. The molecular weight excluding hydrogens is 236 g/mol. The van der Waals surface area contributed by atoms with Gasteiger partial charge in [-0.15, -0.1) is 6.42 Å². The average Bonchev–Trinajstić information content (AvgIpc) is 3.13. The van der Waals surface area contributed by atoms with Crippen LogP contribution in [-0.2, 0) is 6.61 Å². The van der Waals surface area contributed by atoms with E-state index >= 15 is 0 Å². The van der Waals surface area contributed by atoms with Crippen LogP contribution in [-0.4, -0.2) is 23.2 Å². The van der Waals surface area contributed by atoms with E-state index in [1.165, 1.54) is 12.8 Å². The van der Waals surface area contributed by atoms with Gasteiger partial charge in [0.1, 0.15) is 5.82 Å². The van der Waals surface area contributed by atoms with E-state index in [4.69, 9.17) is 23.1 Å². The zero-order chi connectivity index (χ0) is 12.3. The maximum absolute atomic E-state index is 9.14. The van der Waals surface area contributed by atoms with Crippen molar-refractivity contribution in [1.82, 2.24) is 4.98 Å². The summed E-state index contributed by atoms with van der Waals surface area (Å²) in [5.41, 5.74) is 0.502. The van der Waals surface area contributed by atoms with E-state index in [9.17, 15) is 0 Å². The Hall–Kier alpha value is -1.24. The van der Waals surface area contributed by atoms with E-state index in [1.54, 1.807) is 6.07 Å². The van der Waals surface area contributed by atoms with Crippen LogP contribution in [0.1, 0.15) is 18.5 Å². The van der Waals surface area contributed by atoms with Crippen LogP contribution >= 0.6 is 11.6 Å². The minimum Gasteiger partial charge on any atom is -0.390 e. The molecule has 0 spiro atoms. The molecule has 0 aliphatic heterocycles. The molecule has 1 aliphatic rings. The Labute approximate surface area is 106 Å². The zero-order valence-electron chi connectivity index (χ0n) is 9.56. The highest BCUT2D eigenvalue weighted by Crippen LogP contribution is 2.31. The number of aliphatic hydroxyl groups is 1. The number of halogens is 1. The number of hydrogen-bond donors (Lipinski definition) is 1. The Balaban J connectivity index is 2.18. The van der Waals surface area contributed by atoms with Gasteiger partial charge in [0.25, 0.3) is 0 Å². The predicted molar refractivity (Wildman–Crippen MR) is 68.9 cm³/mol. The fraction of sp³-hybridized carbons (Fsp3) is 0.462. The minimum atomic E-state index is -0.153. The van der Waals surface area contributed by atoms with Gasteiger partial charge in [-0.05, 0) is 30.9 Å². The van der Waals surface area contributed by atoms with Crippen LogP contribution in [0.15, 0.2) is 12.1 Å². The Bertz CT molecular complexity index is 438. The first-order chi connectivity index (χ1) is 8.24. The average molecular weight is 251 g/mol. The van der Waals surface area contributed by atoms with E-state index in [0.29, 0.717) is 17.3 Å². The van der Waals surface area contributed by atoms with Gasteiger partial charge in [-0.2, -0.15) is 0 Å². The summed E-state index contributed by atoms with van der Waals surface area (Å²) in [6.07, 6.45) is 7.90. The van der Waals surface area contributed by atoms with Crippen molar-refractivity contribution in [3.05, 3.63) is 22.8 Å². The molecule has 1 aromatic heterocycles. The van der Waals surface area contributed by atoms with Crippen LogP contribution in [0, 0.1) is 18.3 Å². The minimum absolute atomic E-state index is 0.153. The molecule has 0 bridgehead atoms. The second-order valence-electron chi connectivity index (χ2n) is 4.28. The van der Waals surface area contributed by atoms with Crippen molar-refractivity contribution in [2.45, 2.75) is 19.4 Å². The van der Waals surface area contributed by atoms with E-state index in [1.807, 2.05) is 6.07 Å². The number of anilines is 1. The van der Waals surface area contributed by atoms with Crippen LogP contribution in [0.5, 0.6) is 0 Å². The largest absolute Gasteiger partial charge is 0.390 e. The third-order valence-electron chi connectivity index (χ3n) is 2.84. The molecule has 1 aliphatic carbocycles. The van der Waals surface area contributed by atoms with Crippen molar-refractivity contribution in [1.29, 1.82) is 0 Å². The van der Waals surface area contributed by atoms with E-state index < -0.39 is 0 Å². The highest BCUT2D eigenvalue weighted by atomic mass is 35.5. The summed E-state index contributed by atoms with van der Waals surface area (Å²) >= 11 is 5.91. The Kier molecular flexibility index (Phi) is 3.88. The smallest absolute Gasteiger partial charge is 0.129 e. The molecule has 4 heteroatoms. The Morgan fingerprint density at radius 2 is 2.29 bits per heavy atom. The van der Waals surface area contributed by atoms with Crippen molar-refractivity contribution >= 4 is 17.4 Å². The predicted octanol–water partition coefficient (Wildman–Crippen LogP) is 2.08. The number of terminal acetylenes is 1. The number of pyridine rings is 1. The summed E-state index contributed by atoms with van der Waals surface area (Å²) in [5.74, 6) is 4.17. The van der Waals surface area contributed by atoms with E-state index in [-0.39, 0.29) is 6.61 Å². The third-order valence-corrected chi connectivity index (χ3v) is 3.18. The Morgan fingerprint density at radius 1 is 1.53 bits per heavy atom. The van der Waals surface area contributed by atoms with Crippen LogP contribution in [0.2, 0.25) is 5.02 Å². The molecule has 0 saturated heterocycles. The van der Waals surface area contributed by atoms with Gasteiger partial charge in [0.15, 0.2) is 0 Å². The first kappa shape index (κ1) is 12.2. The lowest BCUT2D eigenvalue weighted by Gasteiger charge is -2.21. The standard InChI is InChI=1S/C13H15ClN2O/c1-2-7-16(8-10-3-4-10)13-6-5-11(14)12(9-17)15-13/h1,5-6,10,17H,3-4,7-9H2. The quantitative estimate of drug-likeness (QED) is 0.813. The summed E-state index contributed by atoms with van der Waals surface area (Å²) < 4.78 is 0. The highest BCUT2D eigenvalue weighted by Gasteiger charge is 2.24. The van der Waals surface area contributed by atoms with Crippen molar-refractivity contribution in [2.75, 3.05) is 18.0 Å². The molecule has 1 heterocycles. The molecule has 0 atom stereocenters. The number of nitrogens with zero attached hydrogens (tertiary/aromatic N) is 2. The third kappa shape index (κ3) is 3.12. The van der Waals surface area contributed by atoms with Crippen molar-refractivity contribution in [3.63, 3.8) is 0 Å². The fourth-order valence-electron chi connectivity index (χ4n) is 1.72. The summed E-state index contributed by atoms with van der Waals surface area (Å²) in [5, 5.41) is 9.63. The molecular formula is C13H15ClN2O. The lowest BCUT2D eigenvalue weighted by molar-refractivity contribution is 0.277. The maximum Gasteiger partial charge on any atom is 0.129 e. The lowest BCUT2D eigenvalue weighted by Crippen LogP contribution is -2.27. The second-order valence-corrected chi connectivity index (χ2v) is 4.69. The second kappa shape index (κ2) is 5.39. The van der Waals surface area contributed by atoms with Gasteiger partial charge in [-0.3, -0.25) is 0 Å². The van der Waals surface area contributed by atoms with Gasteiger partial charge in [-0.1, -0.05) is 17.5 Å². The molecule has 3 nitrogen and oxygen atoms in total. The molecule has 1 N–H and O–H groups in total. The molecule has 0 unspecified atom stereocenters. The Morgan fingerprint density at radius 3 is 2.88 bits per heavy atom. The lowest BCUT2D eigenvalue weighted by atomic mass is 10.3. The van der Waals surface area contributed by atoms with Gasteiger partial charge in [0.05, 0.1) is 23.9 Å². The molecule has 1 fully saturated rings. The summed E-state index contributed by atoms with van der Waals surface area (Å²) in [7, 11) is 0. The normalized spacial score (nSPS) is 14.4. The number of aliphatic hydroxyl groups excluding tert-OH is 1. The van der Waals surface area contributed by atoms with Crippen molar-refractivity contribution < 1.29 is 5.11 Å². The molecule has 0 aromatic carbocycles. The first-order valence-corrected chi connectivity index (χ1v) is 6.07. The topological polar surface area (TPSA) is 36.4 Å². The number of rotatable bonds is 5. The highest BCUT2D eigenvalue weighted by molar-refractivity contribution is 6.31. The molecule has 1 aromatic rings. The summed E-state index contributed by atoms with van der Waals surface area (Å²) in [4.78, 5) is 6.40. The number of aromatic nitrogens is 1. The van der Waals surface area contributed by atoms with Gasteiger partial charge in [0.2, 0.25) is 0 Å². The molecule has 0 radical (unpaired) electrons. The van der Waals surface area contributed by atoms with Gasteiger partial charge < -0.3 is 10.0 Å². The fourth-order valence-corrected chi connectivity index (χ4v) is 1.89. The molecule has 1 saturated carbocycles. The van der Waals surface area contributed by atoms with Crippen LogP contribution in [0.25, 0.3) is 0 Å². The molecule has 2 rings (SSSR count). The SMILES string of the molecule is C#CCN(CC1CC1)c1ccc(Cl)c(CO)n1.